The lowest BCUT2D eigenvalue weighted by molar-refractivity contribution is -0.145. The molecule has 1 aromatic carbocycles. The van der Waals surface area contributed by atoms with Crippen LogP contribution in [0.25, 0.3) is 0 Å². The number of aliphatic carboxylic acids is 2. The first-order valence-electron chi connectivity index (χ1n) is 6.05. The first-order valence-corrected chi connectivity index (χ1v) is 6.05. The third kappa shape index (κ3) is 3.35. The Morgan fingerprint density at radius 3 is 2.62 bits per heavy atom. The van der Waals surface area contributed by atoms with E-state index in [1.54, 1.807) is 6.07 Å². The lowest BCUT2D eigenvalue weighted by Crippen LogP contribution is -2.42. The zero-order valence-electron chi connectivity index (χ0n) is 10.8. The number of carbonyl (C=O) groups is 4. The maximum absolute atomic E-state index is 11.9. The van der Waals surface area contributed by atoms with Gasteiger partial charge in [0, 0.05) is 11.3 Å². The normalized spacial score (nSPS) is 14.0. The number of hydrogen-bond donors (Lipinski definition) is 4. The summed E-state index contributed by atoms with van der Waals surface area (Å²) in [5, 5.41) is 22.2. The van der Waals surface area contributed by atoms with Crippen LogP contribution in [0.3, 0.4) is 0 Å². The van der Waals surface area contributed by atoms with E-state index in [-0.39, 0.29) is 17.9 Å². The molecule has 0 radical (unpaired) electrons. The highest BCUT2D eigenvalue weighted by Crippen LogP contribution is 2.23. The number of anilines is 1. The fourth-order valence-electron chi connectivity index (χ4n) is 1.99. The quantitative estimate of drug-likeness (QED) is 0.596. The van der Waals surface area contributed by atoms with Gasteiger partial charge in [0.2, 0.25) is 5.91 Å². The number of fused-ring (bicyclic) bond motifs is 1. The predicted molar refractivity (Wildman–Crippen MR) is 69.9 cm³/mol. The summed E-state index contributed by atoms with van der Waals surface area (Å²) in [6, 6.07) is 2.94. The van der Waals surface area contributed by atoms with Gasteiger partial charge in [-0.1, -0.05) is 0 Å². The Bertz CT molecular complexity index is 640. The number of carboxylic acids is 2. The molecule has 1 aliphatic heterocycles. The van der Waals surface area contributed by atoms with Crippen molar-refractivity contribution in [1.29, 1.82) is 0 Å². The van der Waals surface area contributed by atoms with E-state index >= 15 is 0 Å². The molecule has 0 saturated heterocycles. The van der Waals surface area contributed by atoms with E-state index in [1.165, 1.54) is 12.1 Å². The molecule has 0 saturated carbocycles. The number of carbonyl (C=O) groups excluding carboxylic acids is 2. The van der Waals surface area contributed by atoms with E-state index in [2.05, 4.69) is 10.6 Å². The Labute approximate surface area is 118 Å². The van der Waals surface area contributed by atoms with E-state index in [4.69, 9.17) is 10.2 Å². The molecule has 8 heteroatoms. The summed E-state index contributed by atoms with van der Waals surface area (Å²) in [4.78, 5) is 44.6. The number of amides is 2. The minimum Gasteiger partial charge on any atom is -0.481 e. The van der Waals surface area contributed by atoms with Crippen LogP contribution in [0.2, 0.25) is 0 Å². The first-order chi connectivity index (χ1) is 9.86. The van der Waals surface area contributed by atoms with Gasteiger partial charge in [-0.15, -0.1) is 0 Å². The highest BCUT2D eigenvalue weighted by Gasteiger charge is 2.25. The van der Waals surface area contributed by atoms with Gasteiger partial charge in [0.15, 0.2) is 0 Å². The minimum atomic E-state index is -1.51. The Morgan fingerprint density at radius 2 is 2.00 bits per heavy atom. The molecule has 1 unspecified atom stereocenters. The maximum Gasteiger partial charge on any atom is 0.326 e. The van der Waals surface area contributed by atoms with Gasteiger partial charge in [-0.25, -0.2) is 4.79 Å². The number of rotatable bonds is 5. The van der Waals surface area contributed by atoms with Gasteiger partial charge in [-0.3, -0.25) is 14.4 Å². The van der Waals surface area contributed by atoms with Crippen LogP contribution in [0, 0.1) is 0 Å². The predicted octanol–water partition coefficient (Wildman–Crippen LogP) is -0.161. The smallest absolute Gasteiger partial charge is 0.326 e. The van der Waals surface area contributed by atoms with Crippen LogP contribution in [0.4, 0.5) is 5.69 Å². The Balaban J connectivity index is 2.13. The molecular weight excluding hydrogens is 280 g/mol. The zero-order chi connectivity index (χ0) is 15.6. The molecule has 0 aromatic heterocycles. The fraction of sp³-hybridized carbons (Fsp3) is 0.231. The van der Waals surface area contributed by atoms with Crippen LogP contribution in [0.15, 0.2) is 18.2 Å². The van der Waals surface area contributed by atoms with Crippen molar-refractivity contribution in [1.82, 2.24) is 5.32 Å². The molecular formula is C13H12N2O6. The molecule has 4 N–H and O–H groups in total. The van der Waals surface area contributed by atoms with Crippen molar-refractivity contribution in [3.05, 3.63) is 29.3 Å². The summed E-state index contributed by atoms with van der Waals surface area (Å²) in [5.74, 6) is -3.64. The minimum absolute atomic E-state index is 0.147. The summed E-state index contributed by atoms with van der Waals surface area (Å²) >= 11 is 0. The van der Waals surface area contributed by atoms with Crippen LogP contribution in [-0.2, 0) is 20.8 Å². The third-order valence-electron chi connectivity index (χ3n) is 2.97. The molecule has 110 valence electrons. The second kappa shape index (κ2) is 5.61. The number of nitrogens with one attached hydrogen (secondary N) is 2. The summed E-state index contributed by atoms with van der Waals surface area (Å²) in [7, 11) is 0. The van der Waals surface area contributed by atoms with Gasteiger partial charge in [0.25, 0.3) is 5.91 Å². The Hall–Kier alpha value is -2.90. The van der Waals surface area contributed by atoms with E-state index in [9.17, 15) is 19.2 Å². The second-order valence-electron chi connectivity index (χ2n) is 4.56. The van der Waals surface area contributed by atoms with Gasteiger partial charge in [0.1, 0.15) is 6.04 Å². The summed E-state index contributed by atoms with van der Waals surface area (Å²) in [6.07, 6.45) is -0.569. The van der Waals surface area contributed by atoms with Crippen molar-refractivity contribution in [2.24, 2.45) is 0 Å². The van der Waals surface area contributed by atoms with Gasteiger partial charge in [-0.2, -0.15) is 0 Å². The van der Waals surface area contributed by atoms with Gasteiger partial charge < -0.3 is 20.8 Å². The Morgan fingerprint density at radius 1 is 1.29 bits per heavy atom. The van der Waals surface area contributed by atoms with Crippen LogP contribution in [-0.4, -0.2) is 40.0 Å². The molecule has 21 heavy (non-hydrogen) atoms. The zero-order valence-corrected chi connectivity index (χ0v) is 10.8. The second-order valence-corrected chi connectivity index (χ2v) is 4.56. The SMILES string of the molecule is O=C(O)CC(NC(=O)c1ccc2c(c1)CC(=O)N2)C(=O)O. The van der Waals surface area contributed by atoms with Gasteiger partial charge in [0.05, 0.1) is 12.8 Å². The summed E-state index contributed by atoms with van der Waals surface area (Å²) in [5.41, 5.74) is 1.41. The number of hydrogen-bond acceptors (Lipinski definition) is 4. The highest BCUT2D eigenvalue weighted by molar-refractivity contribution is 6.02. The van der Waals surface area contributed by atoms with E-state index in [0.29, 0.717) is 11.3 Å². The van der Waals surface area contributed by atoms with Gasteiger partial charge >= 0.3 is 11.9 Å². The molecule has 0 spiro atoms. The van der Waals surface area contributed by atoms with E-state index in [1.807, 2.05) is 0 Å². The van der Waals surface area contributed by atoms with E-state index in [0.717, 1.165) is 0 Å². The van der Waals surface area contributed by atoms with Crippen LogP contribution < -0.4 is 10.6 Å². The molecule has 2 amide bonds. The van der Waals surface area contributed by atoms with Crippen molar-refractivity contribution in [2.75, 3.05) is 5.32 Å². The van der Waals surface area contributed by atoms with Crippen molar-refractivity contribution < 1.29 is 29.4 Å². The summed E-state index contributed by atoms with van der Waals surface area (Å²) < 4.78 is 0. The van der Waals surface area contributed by atoms with Crippen molar-refractivity contribution in [3.8, 4) is 0 Å². The largest absolute Gasteiger partial charge is 0.481 e. The van der Waals surface area contributed by atoms with Crippen LogP contribution in [0.1, 0.15) is 22.3 Å². The standard InChI is InChI=1S/C13H12N2O6/c16-10-4-7-3-6(1-2-8(7)14-10)12(19)15-9(13(20)21)5-11(17)18/h1-3,9H,4-5H2,(H,14,16)(H,15,19)(H,17,18)(H,20,21). The van der Waals surface area contributed by atoms with Crippen molar-refractivity contribution in [2.45, 2.75) is 18.9 Å². The first kappa shape index (κ1) is 14.5. The lowest BCUT2D eigenvalue weighted by atomic mass is 10.1. The molecule has 1 heterocycles. The van der Waals surface area contributed by atoms with Crippen LogP contribution in [0.5, 0.6) is 0 Å². The summed E-state index contributed by atoms with van der Waals surface area (Å²) in [6.45, 7) is 0. The molecule has 0 bridgehead atoms. The Kier molecular flexibility index (Phi) is 3.88. The maximum atomic E-state index is 11.9. The monoisotopic (exact) mass is 292 g/mol. The molecule has 1 atom stereocenters. The number of benzene rings is 1. The molecule has 1 aromatic rings. The third-order valence-corrected chi connectivity index (χ3v) is 2.97. The van der Waals surface area contributed by atoms with Crippen molar-refractivity contribution in [3.63, 3.8) is 0 Å². The number of carboxylic acid groups (broad SMARTS) is 2. The lowest BCUT2D eigenvalue weighted by Gasteiger charge is -2.12. The highest BCUT2D eigenvalue weighted by atomic mass is 16.4. The molecule has 0 fully saturated rings. The van der Waals surface area contributed by atoms with Crippen molar-refractivity contribution >= 4 is 29.4 Å². The molecule has 0 aliphatic carbocycles. The molecule has 2 rings (SSSR count). The molecule has 1 aliphatic rings. The van der Waals surface area contributed by atoms with Crippen LogP contribution >= 0.6 is 0 Å². The van der Waals surface area contributed by atoms with Gasteiger partial charge in [-0.05, 0) is 23.8 Å². The average molecular weight is 292 g/mol. The topological polar surface area (TPSA) is 133 Å². The molecule has 8 nitrogen and oxygen atoms in total. The fourth-order valence-corrected chi connectivity index (χ4v) is 1.99. The van der Waals surface area contributed by atoms with E-state index < -0.39 is 30.3 Å². The average Bonchev–Trinajstić information content (AvgIpc) is 2.76.